The second-order valence-corrected chi connectivity index (χ2v) is 6.65. The van der Waals surface area contributed by atoms with E-state index in [9.17, 15) is 14.9 Å². The lowest BCUT2D eigenvalue weighted by Crippen LogP contribution is -2.39. The lowest BCUT2D eigenvalue weighted by atomic mass is 9.75. The van der Waals surface area contributed by atoms with Crippen LogP contribution < -0.4 is 0 Å². The Labute approximate surface area is 118 Å². The molecular weight excluding hydrogens is 258 g/mol. The third-order valence-corrected chi connectivity index (χ3v) is 4.96. The van der Waals surface area contributed by atoms with Crippen molar-refractivity contribution in [2.24, 2.45) is 23.2 Å². The van der Waals surface area contributed by atoms with Gasteiger partial charge in [-0.2, -0.15) is 5.26 Å². The summed E-state index contributed by atoms with van der Waals surface area (Å²) in [5.74, 6) is -0.176. The maximum absolute atomic E-state index is 11.9. The van der Waals surface area contributed by atoms with Gasteiger partial charge >= 0.3 is 11.9 Å². The van der Waals surface area contributed by atoms with Crippen molar-refractivity contribution in [3.05, 3.63) is 0 Å². The van der Waals surface area contributed by atoms with Gasteiger partial charge in [0.15, 0.2) is 5.41 Å². The summed E-state index contributed by atoms with van der Waals surface area (Å²) in [6, 6.07) is 2.15. The van der Waals surface area contributed by atoms with Crippen LogP contribution in [0.1, 0.15) is 39.5 Å². The highest BCUT2D eigenvalue weighted by Crippen LogP contribution is 2.62. The van der Waals surface area contributed by atoms with Crippen LogP contribution in [0.25, 0.3) is 0 Å². The number of nitriles is 1. The maximum atomic E-state index is 11.9. The van der Waals surface area contributed by atoms with E-state index in [0.717, 1.165) is 12.8 Å². The van der Waals surface area contributed by atoms with Gasteiger partial charge in [-0.05, 0) is 25.2 Å². The Morgan fingerprint density at radius 3 is 3.00 bits per heavy atom. The summed E-state index contributed by atoms with van der Waals surface area (Å²) in [5, 5.41) is 9.29. The van der Waals surface area contributed by atoms with Gasteiger partial charge in [-0.25, -0.2) is 0 Å². The zero-order valence-corrected chi connectivity index (χ0v) is 11.8. The molecule has 5 heteroatoms. The number of fused-ring (bicyclic) bond motifs is 1. The molecule has 108 valence electrons. The molecule has 1 heterocycles. The van der Waals surface area contributed by atoms with Crippen LogP contribution in [-0.4, -0.2) is 24.1 Å². The third kappa shape index (κ3) is 1.74. The third-order valence-electron chi connectivity index (χ3n) is 4.96. The molecule has 0 amide bonds. The summed E-state index contributed by atoms with van der Waals surface area (Å²) in [6.07, 6.45) is 1.69. The number of nitrogens with zero attached hydrogens (tertiary/aromatic N) is 1. The van der Waals surface area contributed by atoms with Crippen molar-refractivity contribution in [2.45, 2.75) is 51.7 Å². The molecular formula is C15H19NO4. The largest absolute Gasteiger partial charge is 0.458 e. The molecule has 2 saturated carbocycles. The standard InChI is InChI=1S/C15H19NO4/c1-8(2)3-4-11(17)19-12-9-5-10-13(12)20-14(18)15(10,6-9)7-16/h8-10,12-13H,3-6H2,1-2H3. The number of carbonyl (C=O) groups is 2. The smallest absolute Gasteiger partial charge is 0.327 e. The van der Waals surface area contributed by atoms with Gasteiger partial charge in [0, 0.05) is 18.3 Å². The van der Waals surface area contributed by atoms with Gasteiger partial charge in [0.1, 0.15) is 12.2 Å². The van der Waals surface area contributed by atoms with Crippen LogP contribution in [0.5, 0.6) is 0 Å². The van der Waals surface area contributed by atoms with E-state index in [0.29, 0.717) is 18.8 Å². The molecule has 5 atom stereocenters. The molecule has 0 aromatic rings. The molecule has 5 unspecified atom stereocenters. The number of esters is 2. The maximum Gasteiger partial charge on any atom is 0.327 e. The van der Waals surface area contributed by atoms with E-state index in [1.807, 2.05) is 0 Å². The predicted octanol–water partition coefficient (Wildman–Crippen LogP) is 1.81. The summed E-state index contributed by atoms with van der Waals surface area (Å²) < 4.78 is 10.9. The van der Waals surface area contributed by atoms with Gasteiger partial charge in [0.25, 0.3) is 0 Å². The Bertz CT molecular complexity index is 495. The molecule has 3 aliphatic rings. The van der Waals surface area contributed by atoms with Crippen molar-refractivity contribution in [1.29, 1.82) is 5.26 Å². The van der Waals surface area contributed by atoms with Crippen molar-refractivity contribution in [2.75, 3.05) is 0 Å². The Kier molecular flexibility index (Phi) is 3.00. The first kappa shape index (κ1) is 13.4. The SMILES string of the molecule is CC(C)CCC(=O)OC1C2CC3C1OC(=O)C3(C#N)C2. The van der Waals surface area contributed by atoms with Crippen molar-refractivity contribution in [3.63, 3.8) is 0 Å². The molecule has 2 bridgehead atoms. The fourth-order valence-corrected chi connectivity index (χ4v) is 3.91. The first-order valence-electron chi connectivity index (χ1n) is 7.29. The minimum absolute atomic E-state index is 0.0899. The molecule has 0 radical (unpaired) electrons. The highest BCUT2D eigenvalue weighted by atomic mass is 16.6. The minimum Gasteiger partial charge on any atom is -0.458 e. The second-order valence-electron chi connectivity index (χ2n) is 6.65. The molecule has 0 aromatic heterocycles. The second kappa shape index (κ2) is 4.47. The Hall–Kier alpha value is -1.57. The highest BCUT2D eigenvalue weighted by Gasteiger charge is 2.72. The summed E-state index contributed by atoms with van der Waals surface area (Å²) in [5.41, 5.74) is -0.962. The molecule has 3 rings (SSSR count). The fraction of sp³-hybridized carbons (Fsp3) is 0.800. The predicted molar refractivity (Wildman–Crippen MR) is 68.1 cm³/mol. The topological polar surface area (TPSA) is 76.4 Å². The number of hydrogen-bond acceptors (Lipinski definition) is 5. The number of rotatable bonds is 4. The van der Waals surface area contributed by atoms with E-state index in [2.05, 4.69) is 19.9 Å². The first-order valence-corrected chi connectivity index (χ1v) is 7.29. The Morgan fingerprint density at radius 1 is 1.60 bits per heavy atom. The summed E-state index contributed by atoms with van der Waals surface area (Å²) in [6.45, 7) is 4.12. The van der Waals surface area contributed by atoms with E-state index in [-0.39, 0.29) is 23.9 Å². The van der Waals surface area contributed by atoms with Gasteiger partial charge in [-0.3, -0.25) is 9.59 Å². The number of carbonyl (C=O) groups excluding carboxylic acids is 2. The molecule has 20 heavy (non-hydrogen) atoms. The molecule has 3 fully saturated rings. The van der Waals surface area contributed by atoms with Crippen LogP contribution in [0.4, 0.5) is 0 Å². The average Bonchev–Trinajstić information content (AvgIpc) is 2.98. The summed E-state index contributed by atoms with van der Waals surface area (Å²) >= 11 is 0. The molecule has 0 N–H and O–H groups in total. The van der Waals surface area contributed by atoms with Gasteiger partial charge in [-0.1, -0.05) is 13.8 Å². The van der Waals surface area contributed by atoms with Gasteiger partial charge < -0.3 is 9.47 Å². The van der Waals surface area contributed by atoms with E-state index < -0.39 is 17.5 Å². The van der Waals surface area contributed by atoms with E-state index in [4.69, 9.17) is 9.47 Å². The average molecular weight is 277 g/mol. The molecule has 1 aliphatic heterocycles. The minimum atomic E-state index is -0.962. The van der Waals surface area contributed by atoms with Crippen LogP contribution in [0, 0.1) is 34.5 Å². The summed E-state index contributed by atoms with van der Waals surface area (Å²) in [4.78, 5) is 23.8. The quantitative estimate of drug-likeness (QED) is 0.732. The zero-order valence-electron chi connectivity index (χ0n) is 11.8. The monoisotopic (exact) mass is 277 g/mol. The number of hydrogen-bond donors (Lipinski definition) is 0. The lowest BCUT2D eigenvalue weighted by molar-refractivity contribution is -0.162. The van der Waals surface area contributed by atoms with Gasteiger partial charge in [0.2, 0.25) is 0 Å². The Balaban J connectivity index is 1.67. The molecule has 5 nitrogen and oxygen atoms in total. The van der Waals surface area contributed by atoms with Gasteiger partial charge in [0.05, 0.1) is 6.07 Å². The van der Waals surface area contributed by atoms with E-state index >= 15 is 0 Å². The van der Waals surface area contributed by atoms with Crippen LogP contribution in [0.3, 0.4) is 0 Å². The number of ether oxygens (including phenoxy) is 2. The molecule has 2 aliphatic carbocycles. The highest BCUT2D eigenvalue weighted by molar-refractivity contribution is 5.84. The lowest BCUT2D eigenvalue weighted by Gasteiger charge is -2.27. The van der Waals surface area contributed by atoms with Crippen LogP contribution in [0.15, 0.2) is 0 Å². The van der Waals surface area contributed by atoms with E-state index in [1.165, 1.54) is 0 Å². The normalized spacial score (nSPS) is 40.8. The van der Waals surface area contributed by atoms with Gasteiger partial charge in [-0.15, -0.1) is 0 Å². The summed E-state index contributed by atoms with van der Waals surface area (Å²) in [7, 11) is 0. The van der Waals surface area contributed by atoms with Crippen LogP contribution in [0.2, 0.25) is 0 Å². The first-order chi connectivity index (χ1) is 9.48. The van der Waals surface area contributed by atoms with E-state index in [1.54, 1.807) is 0 Å². The van der Waals surface area contributed by atoms with Crippen molar-refractivity contribution >= 4 is 11.9 Å². The fourth-order valence-electron chi connectivity index (χ4n) is 3.91. The van der Waals surface area contributed by atoms with Crippen molar-refractivity contribution in [3.8, 4) is 6.07 Å². The van der Waals surface area contributed by atoms with Crippen LogP contribution >= 0.6 is 0 Å². The Morgan fingerprint density at radius 2 is 2.35 bits per heavy atom. The van der Waals surface area contributed by atoms with Crippen LogP contribution in [-0.2, 0) is 19.1 Å². The van der Waals surface area contributed by atoms with Crippen molar-refractivity contribution < 1.29 is 19.1 Å². The molecule has 0 aromatic carbocycles. The molecule has 1 saturated heterocycles. The zero-order chi connectivity index (χ0) is 14.5. The van der Waals surface area contributed by atoms with Crippen molar-refractivity contribution in [1.82, 2.24) is 0 Å². The molecule has 0 spiro atoms.